The third kappa shape index (κ3) is 3.51. The van der Waals surface area contributed by atoms with Crippen molar-refractivity contribution in [1.82, 2.24) is 10.1 Å². The minimum atomic E-state index is -0.622. The van der Waals surface area contributed by atoms with Crippen molar-refractivity contribution in [2.75, 3.05) is 6.54 Å². The molecular formula is C20H32N2O4. The van der Waals surface area contributed by atoms with Crippen LogP contribution in [0.4, 0.5) is 4.79 Å². The van der Waals surface area contributed by atoms with Crippen molar-refractivity contribution in [1.29, 1.82) is 0 Å². The van der Waals surface area contributed by atoms with Gasteiger partial charge in [0.2, 0.25) is 5.91 Å². The van der Waals surface area contributed by atoms with Crippen molar-refractivity contribution in [3.63, 3.8) is 0 Å². The molecule has 1 aliphatic heterocycles. The quantitative estimate of drug-likeness (QED) is 0.685. The molecule has 6 heteroatoms. The summed E-state index contributed by atoms with van der Waals surface area (Å²) in [5, 5.41) is 3.94. The first-order chi connectivity index (χ1) is 11.9. The van der Waals surface area contributed by atoms with E-state index < -0.39 is 11.7 Å². The van der Waals surface area contributed by atoms with Crippen LogP contribution in [0.5, 0.6) is 0 Å². The summed E-state index contributed by atoms with van der Waals surface area (Å²) >= 11 is 0. The Labute approximate surface area is 156 Å². The van der Waals surface area contributed by atoms with Gasteiger partial charge in [-0.3, -0.25) is 4.79 Å². The van der Waals surface area contributed by atoms with Gasteiger partial charge in [0.1, 0.15) is 11.4 Å². The molecule has 3 rings (SSSR count). The minimum absolute atomic E-state index is 0.0941. The van der Waals surface area contributed by atoms with Crippen molar-refractivity contribution in [2.45, 2.75) is 79.2 Å². The molecule has 6 nitrogen and oxygen atoms in total. The Hall–Kier alpha value is -1.85. The number of fused-ring (bicyclic) bond motifs is 2. The average Bonchev–Trinajstić information content (AvgIpc) is 2.97. The number of carbonyl (C=O) groups excluding carboxylic acids is 2. The number of aromatic nitrogens is 1. The predicted octanol–water partition coefficient (Wildman–Crippen LogP) is 4.32. The van der Waals surface area contributed by atoms with Crippen LogP contribution in [0.3, 0.4) is 0 Å². The molecule has 0 radical (unpaired) electrons. The van der Waals surface area contributed by atoms with Crippen molar-refractivity contribution >= 4 is 12.0 Å². The maximum atomic E-state index is 12.6. The zero-order valence-electron chi connectivity index (χ0n) is 17.3. The topological polar surface area (TPSA) is 72.6 Å². The summed E-state index contributed by atoms with van der Waals surface area (Å²) in [5.41, 5.74) is -0.0681. The van der Waals surface area contributed by atoms with Crippen LogP contribution < -0.4 is 0 Å². The molecule has 2 amide bonds. The lowest BCUT2D eigenvalue weighted by Crippen LogP contribution is -2.59. The fourth-order valence-electron chi connectivity index (χ4n) is 4.39. The molecule has 0 bridgehead atoms. The number of hydrogen-bond acceptors (Lipinski definition) is 5. The molecule has 2 aliphatic rings. The second-order valence-electron chi connectivity index (χ2n) is 8.95. The molecule has 0 saturated carbocycles. The highest BCUT2D eigenvalue weighted by atomic mass is 16.6. The van der Waals surface area contributed by atoms with Crippen LogP contribution in [0.15, 0.2) is 10.7 Å². The van der Waals surface area contributed by atoms with Crippen LogP contribution in [0.2, 0.25) is 0 Å². The third-order valence-electron chi connectivity index (χ3n) is 5.35. The van der Waals surface area contributed by atoms with Gasteiger partial charge in [-0.15, -0.1) is 0 Å². The first-order valence-corrected chi connectivity index (χ1v) is 9.41. The second kappa shape index (κ2) is 6.71. The summed E-state index contributed by atoms with van der Waals surface area (Å²) < 4.78 is 10.9. The molecule has 0 aromatic carbocycles. The Morgan fingerprint density at radius 2 is 1.92 bits per heavy atom. The Morgan fingerprint density at radius 1 is 1.31 bits per heavy atom. The van der Waals surface area contributed by atoms with E-state index in [1.807, 2.05) is 13.8 Å². The average molecular weight is 364 g/mol. The van der Waals surface area contributed by atoms with E-state index in [-0.39, 0.29) is 22.7 Å². The van der Waals surface area contributed by atoms with E-state index in [0.29, 0.717) is 13.0 Å². The number of rotatable bonds is 0. The smallest absolute Gasteiger partial charge is 0.417 e. The van der Waals surface area contributed by atoms with E-state index in [9.17, 15) is 9.59 Å². The number of ether oxygens (including phenoxy) is 1. The van der Waals surface area contributed by atoms with Crippen LogP contribution in [-0.4, -0.2) is 34.2 Å². The number of nitrogens with zero attached hydrogens (tertiary/aromatic N) is 2. The van der Waals surface area contributed by atoms with Crippen molar-refractivity contribution in [3.8, 4) is 0 Å². The van der Waals surface area contributed by atoms with E-state index in [2.05, 4.69) is 25.9 Å². The van der Waals surface area contributed by atoms with Gasteiger partial charge in [-0.25, -0.2) is 9.69 Å². The Balaban J connectivity index is 0.00000117. The monoisotopic (exact) mass is 364 g/mol. The molecule has 1 saturated heterocycles. The van der Waals surface area contributed by atoms with Gasteiger partial charge >= 0.3 is 6.09 Å². The Kier molecular flexibility index (Phi) is 5.28. The molecule has 1 fully saturated rings. The molecule has 2 unspecified atom stereocenters. The molecule has 26 heavy (non-hydrogen) atoms. The lowest BCUT2D eigenvalue weighted by atomic mass is 9.54. The zero-order chi connectivity index (χ0) is 19.9. The predicted molar refractivity (Wildman–Crippen MR) is 98.7 cm³/mol. The zero-order valence-corrected chi connectivity index (χ0v) is 17.3. The highest BCUT2D eigenvalue weighted by Crippen LogP contribution is 2.54. The molecule has 0 spiro atoms. The number of piperidine rings is 1. The van der Waals surface area contributed by atoms with Crippen LogP contribution in [0, 0.1) is 11.3 Å². The maximum absolute atomic E-state index is 12.6. The number of likely N-dealkylation sites (tertiary alicyclic amines) is 1. The standard InChI is InChI=1S/C18H26N2O4.C2H6/c1-16(2,3)23-15(22)20-10-18(6)8-11-9-19-24-14(11)17(4,5)12(18)7-13(20)21;1-2/h9,12H,7-8,10H2,1-6H3;1-2H3. The van der Waals surface area contributed by atoms with E-state index >= 15 is 0 Å². The first kappa shape index (κ1) is 20.5. The lowest BCUT2D eigenvalue weighted by Gasteiger charge is -2.53. The molecule has 2 heterocycles. The molecule has 0 N–H and O–H groups in total. The highest BCUT2D eigenvalue weighted by molar-refractivity contribution is 5.93. The molecule has 1 aromatic rings. The maximum Gasteiger partial charge on any atom is 0.417 e. The summed E-state index contributed by atoms with van der Waals surface area (Å²) in [6.45, 7) is 16.1. The number of hydrogen-bond donors (Lipinski definition) is 0. The molecule has 1 aromatic heterocycles. The highest BCUT2D eigenvalue weighted by Gasteiger charge is 2.56. The number of imide groups is 1. The fourth-order valence-corrected chi connectivity index (χ4v) is 4.39. The molecule has 146 valence electrons. The molecule has 1 aliphatic carbocycles. The van der Waals surface area contributed by atoms with Gasteiger partial charge < -0.3 is 9.26 Å². The van der Waals surface area contributed by atoms with Gasteiger partial charge in [-0.1, -0.05) is 39.8 Å². The largest absolute Gasteiger partial charge is 0.443 e. The van der Waals surface area contributed by atoms with Gasteiger partial charge in [0.25, 0.3) is 0 Å². The Bertz CT molecular complexity index is 686. The minimum Gasteiger partial charge on any atom is -0.443 e. The van der Waals surface area contributed by atoms with Crippen molar-refractivity contribution < 1.29 is 18.8 Å². The van der Waals surface area contributed by atoms with Crippen LogP contribution >= 0.6 is 0 Å². The van der Waals surface area contributed by atoms with Crippen LogP contribution in [0.1, 0.15) is 73.1 Å². The summed E-state index contributed by atoms with van der Waals surface area (Å²) in [7, 11) is 0. The van der Waals surface area contributed by atoms with Gasteiger partial charge in [0.15, 0.2) is 0 Å². The summed E-state index contributed by atoms with van der Waals surface area (Å²) in [6.07, 6.45) is 2.25. The van der Waals surface area contributed by atoms with Gasteiger partial charge in [-0.2, -0.15) is 0 Å². The number of amides is 2. The number of carbonyl (C=O) groups is 2. The Morgan fingerprint density at radius 3 is 2.50 bits per heavy atom. The summed E-state index contributed by atoms with van der Waals surface area (Å²) in [5.74, 6) is 0.780. The first-order valence-electron chi connectivity index (χ1n) is 9.41. The van der Waals surface area contributed by atoms with Gasteiger partial charge in [-0.05, 0) is 38.5 Å². The van der Waals surface area contributed by atoms with Crippen molar-refractivity contribution in [2.24, 2.45) is 11.3 Å². The van der Waals surface area contributed by atoms with E-state index in [1.165, 1.54) is 4.90 Å². The molecular weight excluding hydrogens is 332 g/mol. The van der Waals surface area contributed by atoms with Crippen LogP contribution in [-0.2, 0) is 21.4 Å². The lowest BCUT2D eigenvalue weighted by molar-refractivity contribution is -0.143. The molecule has 2 atom stereocenters. The van der Waals surface area contributed by atoms with E-state index in [0.717, 1.165) is 17.7 Å². The van der Waals surface area contributed by atoms with E-state index in [1.54, 1.807) is 27.0 Å². The van der Waals surface area contributed by atoms with Gasteiger partial charge in [0, 0.05) is 23.9 Å². The summed E-state index contributed by atoms with van der Waals surface area (Å²) in [6, 6.07) is 0. The fraction of sp³-hybridized carbons (Fsp3) is 0.750. The second-order valence-corrected chi connectivity index (χ2v) is 8.95. The SMILES string of the molecule is CC.CC(C)(C)OC(=O)N1CC2(C)Cc3cnoc3C(C)(C)C2CC1=O. The van der Waals surface area contributed by atoms with Gasteiger partial charge in [0.05, 0.1) is 6.20 Å². The van der Waals surface area contributed by atoms with Crippen LogP contribution in [0.25, 0.3) is 0 Å². The van der Waals surface area contributed by atoms with E-state index in [4.69, 9.17) is 9.26 Å². The summed E-state index contributed by atoms with van der Waals surface area (Å²) in [4.78, 5) is 26.4. The van der Waals surface area contributed by atoms with Crippen molar-refractivity contribution in [3.05, 3.63) is 17.5 Å². The third-order valence-corrected chi connectivity index (χ3v) is 5.35. The normalized spacial score (nSPS) is 27.0.